The van der Waals surface area contributed by atoms with Gasteiger partial charge in [0.05, 0.1) is 35.0 Å². The first-order chi connectivity index (χ1) is 14.0. The lowest BCUT2D eigenvalue weighted by Crippen LogP contribution is -2.43. The molecule has 4 rings (SSSR count). The zero-order chi connectivity index (χ0) is 20.4. The highest BCUT2D eigenvalue weighted by Gasteiger charge is 2.20. The predicted molar refractivity (Wildman–Crippen MR) is 119 cm³/mol. The van der Waals surface area contributed by atoms with Crippen molar-refractivity contribution in [1.29, 1.82) is 0 Å². The highest BCUT2D eigenvalue weighted by molar-refractivity contribution is 6.45. The molecule has 0 aliphatic carbocycles. The molecule has 1 aromatic carbocycles. The fourth-order valence-electron chi connectivity index (χ4n) is 3.72. The van der Waals surface area contributed by atoms with Crippen LogP contribution < -0.4 is 4.90 Å². The van der Waals surface area contributed by atoms with Gasteiger partial charge in [-0.05, 0) is 31.5 Å². The molecule has 1 fully saturated rings. The number of nitrogens with zero attached hydrogens (tertiary/aromatic N) is 4. The van der Waals surface area contributed by atoms with Crippen LogP contribution in [0.5, 0.6) is 0 Å². The first-order valence-corrected chi connectivity index (χ1v) is 10.6. The zero-order valence-electron chi connectivity index (χ0n) is 16.7. The number of pyridine rings is 1. The quantitative estimate of drug-likeness (QED) is 0.620. The van der Waals surface area contributed by atoms with E-state index in [1.54, 1.807) is 0 Å². The molecule has 3 heterocycles. The summed E-state index contributed by atoms with van der Waals surface area (Å²) in [5, 5.41) is 8.96. The Hall–Kier alpha value is -1.86. The van der Waals surface area contributed by atoms with Crippen LogP contribution >= 0.6 is 23.2 Å². The van der Waals surface area contributed by atoms with E-state index in [1.807, 2.05) is 24.5 Å². The summed E-state index contributed by atoms with van der Waals surface area (Å²) in [7, 11) is 0. The molecule has 0 spiro atoms. The number of hydrogen-bond donors (Lipinski definition) is 1. The van der Waals surface area contributed by atoms with Crippen LogP contribution in [0.1, 0.15) is 13.8 Å². The van der Waals surface area contributed by atoms with Gasteiger partial charge in [-0.15, -0.1) is 0 Å². The van der Waals surface area contributed by atoms with E-state index < -0.39 is 0 Å². The zero-order valence-corrected chi connectivity index (χ0v) is 18.2. The Morgan fingerprint density at radius 1 is 1.24 bits per heavy atom. The Kier molecular flexibility index (Phi) is 6.25. The molecule has 29 heavy (non-hydrogen) atoms. The highest BCUT2D eigenvalue weighted by Crippen LogP contribution is 2.37. The molecular weight excluding hydrogens is 409 g/mol. The highest BCUT2D eigenvalue weighted by atomic mass is 35.5. The van der Waals surface area contributed by atoms with Crippen LogP contribution in [0.3, 0.4) is 0 Å². The van der Waals surface area contributed by atoms with E-state index >= 15 is 0 Å². The molecule has 1 aliphatic rings. The van der Waals surface area contributed by atoms with E-state index in [0.29, 0.717) is 15.6 Å². The molecule has 1 aliphatic heterocycles. The number of morpholine rings is 1. The summed E-state index contributed by atoms with van der Waals surface area (Å²) >= 11 is 12.9. The van der Waals surface area contributed by atoms with Gasteiger partial charge in [-0.2, -0.15) is 5.10 Å². The summed E-state index contributed by atoms with van der Waals surface area (Å²) in [5.41, 5.74) is 2.74. The van der Waals surface area contributed by atoms with Gasteiger partial charge < -0.3 is 9.64 Å². The Bertz CT molecular complexity index is 971. The second-order valence-electron chi connectivity index (χ2n) is 7.51. The SMILES string of the molecule is CC(C)N(CCN1CCOCC1)c1cc(-c2cn[nH]c2)c2ccc(Cl)c(Cl)c2n1. The van der Waals surface area contributed by atoms with E-state index in [9.17, 15) is 0 Å². The van der Waals surface area contributed by atoms with Gasteiger partial charge in [0.15, 0.2) is 0 Å². The van der Waals surface area contributed by atoms with Crippen LogP contribution in [0.4, 0.5) is 5.82 Å². The van der Waals surface area contributed by atoms with Gasteiger partial charge in [-0.25, -0.2) is 4.98 Å². The summed E-state index contributed by atoms with van der Waals surface area (Å²) in [6, 6.07) is 6.19. The summed E-state index contributed by atoms with van der Waals surface area (Å²) in [6.07, 6.45) is 3.70. The predicted octanol–water partition coefficient (Wildman–Crippen LogP) is 4.48. The average Bonchev–Trinajstić information content (AvgIpc) is 3.26. The molecule has 154 valence electrons. The van der Waals surface area contributed by atoms with E-state index in [0.717, 1.165) is 61.7 Å². The van der Waals surface area contributed by atoms with Gasteiger partial charge in [0.1, 0.15) is 5.82 Å². The van der Waals surface area contributed by atoms with Crippen molar-refractivity contribution in [3.63, 3.8) is 0 Å². The Labute approximate surface area is 180 Å². The molecule has 1 N–H and O–H groups in total. The topological polar surface area (TPSA) is 57.3 Å². The number of ether oxygens (including phenoxy) is 1. The molecule has 0 bridgehead atoms. The van der Waals surface area contributed by atoms with E-state index in [1.165, 1.54) is 0 Å². The first kappa shape index (κ1) is 20.4. The maximum absolute atomic E-state index is 6.56. The minimum absolute atomic E-state index is 0.288. The van der Waals surface area contributed by atoms with Gasteiger partial charge in [0.25, 0.3) is 0 Å². The number of aromatic nitrogens is 3. The molecule has 0 atom stereocenters. The fraction of sp³-hybridized carbons (Fsp3) is 0.429. The Morgan fingerprint density at radius 3 is 2.72 bits per heavy atom. The van der Waals surface area contributed by atoms with Gasteiger partial charge in [0, 0.05) is 49.4 Å². The van der Waals surface area contributed by atoms with Crippen molar-refractivity contribution in [1.82, 2.24) is 20.1 Å². The summed E-state index contributed by atoms with van der Waals surface area (Å²) in [4.78, 5) is 9.67. The number of anilines is 1. The number of H-pyrrole nitrogens is 1. The van der Waals surface area contributed by atoms with Crippen molar-refractivity contribution in [2.75, 3.05) is 44.3 Å². The molecule has 0 unspecified atom stereocenters. The minimum Gasteiger partial charge on any atom is -0.379 e. The fourth-order valence-corrected chi connectivity index (χ4v) is 4.08. The van der Waals surface area contributed by atoms with Gasteiger partial charge in [0.2, 0.25) is 0 Å². The van der Waals surface area contributed by atoms with Crippen LogP contribution in [0, 0.1) is 0 Å². The molecule has 1 saturated heterocycles. The summed E-state index contributed by atoms with van der Waals surface area (Å²) in [5.74, 6) is 0.890. The third-order valence-electron chi connectivity index (χ3n) is 5.35. The number of hydrogen-bond acceptors (Lipinski definition) is 5. The van der Waals surface area contributed by atoms with Gasteiger partial charge in [-0.3, -0.25) is 10.00 Å². The summed E-state index contributed by atoms with van der Waals surface area (Å²) in [6.45, 7) is 9.75. The number of fused-ring (bicyclic) bond motifs is 1. The van der Waals surface area contributed by atoms with Crippen molar-refractivity contribution in [2.45, 2.75) is 19.9 Å². The third-order valence-corrected chi connectivity index (χ3v) is 6.14. The van der Waals surface area contributed by atoms with Crippen LogP contribution in [0.15, 0.2) is 30.6 Å². The van der Waals surface area contributed by atoms with Crippen molar-refractivity contribution in [3.8, 4) is 11.1 Å². The number of rotatable bonds is 6. The third kappa shape index (κ3) is 4.36. The summed E-state index contributed by atoms with van der Waals surface area (Å²) < 4.78 is 5.46. The molecule has 2 aromatic heterocycles. The molecular formula is C21H25Cl2N5O. The number of aromatic amines is 1. The van der Waals surface area contributed by atoms with Crippen LogP contribution in [0.25, 0.3) is 22.0 Å². The van der Waals surface area contributed by atoms with Gasteiger partial charge >= 0.3 is 0 Å². The number of nitrogens with one attached hydrogen (secondary N) is 1. The average molecular weight is 434 g/mol. The maximum Gasteiger partial charge on any atom is 0.130 e. The molecule has 0 radical (unpaired) electrons. The van der Waals surface area contributed by atoms with Crippen molar-refractivity contribution in [3.05, 3.63) is 40.6 Å². The standard InChI is InChI=1S/C21H25Cl2N5O/c1-14(2)28(6-5-27-7-9-29-10-8-27)19-11-17(15-12-24-25-13-15)16-3-4-18(22)20(23)21(16)26-19/h3-4,11-14H,5-10H2,1-2H3,(H,24,25). The monoisotopic (exact) mass is 433 g/mol. The lowest BCUT2D eigenvalue weighted by atomic mass is 10.0. The number of halogens is 2. The minimum atomic E-state index is 0.288. The Morgan fingerprint density at radius 2 is 2.03 bits per heavy atom. The first-order valence-electron chi connectivity index (χ1n) is 9.89. The van der Waals surface area contributed by atoms with E-state index in [4.69, 9.17) is 32.9 Å². The lowest BCUT2D eigenvalue weighted by molar-refractivity contribution is 0.0390. The van der Waals surface area contributed by atoms with Crippen molar-refractivity contribution >= 4 is 39.9 Å². The van der Waals surface area contributed by atoms with Crippen LogP contribution in [0.2, 0.25) is 10.0 Å². The van der Waals surface area contributed by atoms with Gasteiger partial charge in [-0.1, -0.05) is 29.3 Å². The second-order valence-corrected chi connectivity index (χ2v) is 8.30. The molecule has 3 aromatic rings. The van der Waals surface area contributed by atoms with E-state index in [2.05, 4.69) is 39.9 Å². The second kappa shape index (κ2) is 8.88. The maximum atomic E-state index is 6.56. The largest absolute Gasteiger partial charge is 0.379 e. The normalized spacial score (nSPS) is 15.3. The molecule has 0 saturated carbocycles. The van der Waals surface area contributed by atoms with Crippen molar-refractivity contribution in [2.24, 2.45) is 0 Å². The Balaban J connectivity index is 1.75. The molecule has 6 nitrogen and oxygen atoms in total. The molecule has 8 heteroatoms. The van der Waals surface area contributed by atoms with Crippen LogP contribution in [-0.2, 0) is 4.74 Å². The smallest absolute Gasteiger partial charge is 0.130 e. The van der Waals surface area contributed by atoms with E-state index in [-0.39, 0.29) is 6.04 Å². The van der Waals surface area contributed by atoms with Crippen LogP contribution in [-0.4, -0.2) is 65.5 Å². The molecule has 0 amide bonds. The lowest BCUT2D eigenvalue weighted by Gasteiger charge is -2.33. The number of benzene rings is 1. The van der Waals surface area contributed by atoms with Crippen molar-refractivity contribution < 1.29 is 4.74 Å².